The van der Waals surface area contributed by atoms with Gasteiger partial charge < -0.3 is 4.90 Å². The molecule has 2 rings (SSSR count). The standard InChI is InChI=1S/C9H12BrFN4OS2/c1-17-14-4-2-13(3-5-14)8-9(16)15(18-11)6-7(10)12-8/h6H,2-5H2,1H3. The zero-order valence-corrected chi connectivity index (χ0v) is 12.9. The zero-order valence-electron chi connectivity index (χ0n) is 9.68. The second-order valence-electron chi connectivity index (χ2n) is 3.69. The minimum absolute atomic E-state index is 0.114. The molecule has 1 aromatic rings. The lowest BCUT2D eigenvalue weighted by Gasteiger charge is -2.33. The normalized spacial score (nSPS) is 17.2. The van der Waals surface area contributed by atoms with Gasteiger partial charge in [0.25, 0.3) is 0 Å². The van der Waals surface area contributed by atoms with E-state index in [2.05, 4.69) is 25.2 Å². The average Bonchev–Trinajstić information content (AvgIpc) is 2.41. The topological polar surface area (TPSA) is 41.4 Å². The fourth-order valence-electron chi connectivity index (χ4n) is 1.77. The first-order valence-corrected chi connectivity index (χ1v) is 7.93. The van der Waals surface area contributed by atoms with Crippen LogP contribution < -0.4 is 10.5 Å². The maximum atomic E-state index is 12.6. The highest BCUT2D eigenvalue weighted by molar-refractivity contribution is 9.10. The van der Waals surface area contributed by atoms with Crippen LogP contribution in [-0.4, -0.2) is 45.7 Å². The number of nitrogens with zero attached hydrogens (tertiary/aromatic N) is 4. The van der Waals surface area contributed by atoms with E-state index in [9.17, 15) is 8.68 Å². The number of hydrogen-bond acceptors (Lipinski definition) is 6. The van der Waals surface area contributed by atoms with Gasteiger partial charge in [0.15, 0.2) is 18.2 Å². The molecular weight excluding hydrogens is 343 g/mol. The van der Waals surface area contributed by atoms with Gasteiger partial charge in [0.2, 0.25) is 0 Å². The van der Waals surface area contributed by atoms with Crippen LogP contribution in [0.25, 0.3) is 0 Å². The van der Waals surface area contributed by atoms with Gasteiger partial charge in [-0.25, -0.2) is 13.3 Å². The van der Waals surface area contributed by atoms with Gasteiger partial charge in [0.1, 0.15) is 4.60 Å². The van der Waals surface area contributed by atoms with Crippen molar-refractivity contribution in [1.29, 1.82) is 0 Å². The summed E-state index contributed by atoms with van der Waals surface area (Å²) in [5.74, 6) is 0.301. The lowest BCUT2D eigenvalue weighted by molar-refractivity contribution is 0.428. The molecule has 0 saturated carbocycles. The lowest BCUT2D eigenvalue weighted by atomic mass is 10.3. The van der Waals surface area contributed by atoms with Gasteiger partial charge in [-0.05, 0) is 22.2 Å². The van der Waals surface area contributed by atoms with Crippen LogP contribution in [-0.2, 0) is 0 Å². The third-order valence-corrected chi connectivity index (χ3v) is 4.38. The molecule has 1 aliphatic heterocycles. The molecule has 9 heteroatoms. The molecule has 0 unspecified atom stereocenters. The first-order chi connectivity index (χ1) is 8.65. The highest BCUT2D eigenvalue weighted by Crippen LogP contribution is 2.17. The van der Waals surface area contributed by atoms with E-state index in [1.165, 1.54) is 6.20 Å². The van der Waals surface area contributed by atoms with Crippen LogP contribution in [0.15, 0.2) is 15.6 Å². The van der Waals surface area contributed by atoms with Crippen molar-refractivity contribution in [2.24, 2.45) is 0 Å². The number of aromatic nitrogens is 2. The molecule has 2 heterocycles. The minimum Gasteiger partial charge on any atom is -0.349 e. The molecule has 5 nitrogen and oxygen atoms in total. The maximum absolute atomic E-state index is 12.6. The molecule has 0 spiro atoms. The Morgan fingerprint density at radius 1 is 1.39 bits per heavy atom. The van der Waals surface area contributed by atoms with Gasteiger partial charge in [-0.15, -0.1) is 3.89 Å². The largest absolute Gasteiger partial charge is 0.349 e. The Morgan fingerprint density at radius 2 is 2.06 bits per heavy atom. The Hall–Kier alpha value is -0.250. The summed E-state index contributed by atoms with van der Waals surface area (Å²) in [4.78, 5) is 18.0. The van der Waals surface area contributed by atoms with Crippen LogP contribution in [0, 0.1) is 0 Å². The van der Waals surface area contributed by atoms with Crippen LogP contribution in [0.5, 0.6) is 0 Å². The van der Waals surface area contributed by atoms with Crippen molar-refractivity contribution in [2.75, 3.05) is 37.3 Å². The first-order valence-electron chi connectivity index (χ1n) is 5.28. The maximum Gasteiger partial charge on any atom is 0.305 e. The Labute approximate surface area is 121 Å². The average molecular weight is 355 g/mol. The Balaban J connectivity index is 2.24. The third-order valence-electron chi connectivity index (χ3n) is 2.70. The van der Waals surface area contributed by atoms with Crippen LogP contribution in [0.2, 0.25) is 0 Å². The van der Waals surface area contributed by atoms with Crippen molar-refractivity contribution in [3.05, 3.63) is 21.2 Å². The zero-order chi connectivity index (χ0) is 13.1. The fraction of sp³-hybridized carbons (Fsp3) is 0.556. The van der Waals surface area contributed by atoms with E-state index < -0.39 is 5.56 Å². The molecule has 18 heavy (non-hydrogen) atoms. The van der Waals surface area contributed by atoms with Gasteiger partial charge in [-0.2, -0.15) is 0 Å². The Bertz CT molecular complexity index is 478. The smallest absolute Gasteiger partial charge is 0.305 e. The Morgan fingerprint density at radius 3 is 2.61 bits per heavy atom. The molecule has 0 aliphatic carbocycles. The van der Waals surface area contributed by atoms with Crippen LogP contribution in [0.3, 0.4) is 0 Å². The lowest BCUT2D eigenvalue weighted by Crippen LogP contribution is -2.46. The van der Waals surface area contributed by atoms with E-state index >= 15 is 0 Å². The van der Waals surface area contributed by atoms with E-state index in [-0.39, 0.29) is 12.3 Å². The van der Waals surface area contributed by atoms with E-state index in [1.807, 2.05) is 11.2 Å². The number of rotatable bonds is 3. The molecule has 1 aromatic heterocycles. The molecule has 0 radical (unpaired) electrons. The van der Waals surface area contributed by atoms with Crippen LogP contribution >= 0.6 is 40.2 Å². The summed E-state index contributed by atoms with van der Waals surface area (Å²) >= 11 is 4.76. The van der Waals surface area contributed by atoms with Crippen molar-refractivity contribution in [2.45, 2.75) is 0 Å². The van der Waals surface area contributed by atoms with Crippen molar-refractivity contribution >= 4 is 46.0 Å². The molecule has 1 aliphatic rings. The quantitative estimate of drug-likeness (QED) is 0.770. The van der Waals surface area contributed by atoms with E-state index in [1.54, 1.807) is 11.9 Å². The fourth-order valence-corrected chi connectivity index (χ4v) is 3.09. The second-order valence-corrected chi connectivity index (χ2v) is 5.91. The van der Waals surface area contributed by atoms with Crippen molar-refractivity contribution in [3.8, 4) is 0 Å². The molecule has 0 bridgehead atoms. The molecule has 100 valence electrons. The highest BCUT2D eigenvalue weighted by Gasteiger charge is 2.21. The van der Waals surface area contributed by atoms with Gasteiger partial charge >= 0.3 is 5.56 Å². The van der Waals surface area contributed by atoms with Crippen LogP contribution in [0.1, 0.15) is 0 Å². The summed E-state index contributed by atoms with van der Waals surface area (Å²) in [5, 5.41) is 0. The van der Waals surface area contributed by atoms with E-state index in [0.29, 0.717) is 10.4 Å². The number of hydrogen-bond donors (Lipinski definition) is 0. The summed E-state index contributed by atoms with van der Waals surface area (Å²) in [7, 11) is 0. The predicted octanol–water partition coefficient (Wildman–Crippen LogP) is 1.79. The summed E-state index contributed by atoms with van der Waals surface area (Å²) in [5.41, 5.74) is -0.414. The summed E-state index contributed by atoms with van der Waals surface area (Å²) in [6, 6.07) is 0. The number of piperazine rings is 1. The molecule has 1 saturated heterocycles. The summed E-state index contributed by atoms with van der Waals surface area (Å²) < 4.78 is 16.2. The first kappa shape index (κ1) is 14.2. The molecular formula is C9H12BrFN4OS2. The monoisotopic (exact) mass is 354 g/mol. The molecule has 0 atom stereocenters. The van der Waals surface area contributed by atoms with E-state index in [0.717, 1.165) is 30.2 Å². The van der Waals surface area contributed by atoms with Gasteiger partial charge in [-0.3, -0.25) is 4.79 Å². The second kappa shape index (κ2) is 6.27. The van der Waals surface area contributed by atoms with Gasteiger partial charge in [0.05, 0.1) is 6.20 Å². The predicted molar refractivity (Wildman–Crippen MR) is 77.6 cm³/mol. The van der Waals surface area contributed by atoms with Crippen molar-refractivity contribution in [3.63, 3.8) is 0 Å². The summed E-state index contributed by atoms with van der Waals surface area (Å²) in [6.45, 7) is 3.15. The van der Waals surface area contributed by atoms with Crippen molar-refractivity contribution < 1.29 is 3.89 Å². The molecule has 1 fully saturated rings. The molecule has 0 amide bonds. The highest BCUT2D eigenvalue weighted by atomic mass is 79.9. The number of anilines is 1. The Kier molecular flexibility index (Phi) is 4.93. The van der Waals surface area contributed by atoms with Crippen LogP contribution in [0.4, 0.5) is 9.70 Å². The van der Waals surface area contributed by atoms with E-state index in [4.69, 9.17) is 0 Å². The third kappa shape index (κ3) is 3.01. The van der Waals surface area contributed by atoms with Gasteiger partial charge in [-0.1, -0.05) is 11.9 Å². The molecule has 0 N–H and O–H groups in total. The SMILES string of the molecule is CSN1CCN(c2nc(Br)cn(SF)c2=O)CC1. The molecule has 0 aromatic carbocycles. The number of halogens is 2. The van der Waals surface area contributed by atoms with Crippen molar-refractivity contribution in [1.82, 2.24) is 13.3 Å². The minimum atomic E-state index is -0.414. The van der Waals surface area contributed by atoms with Gasteiger partial charge in [0, 0.05) is 26.2 Å². The summed E-state index contributed by atoms with van der Waals surface area (Å²) in [6.07, 6.45) is 3.36.